The van der Waals surface area contributed by atoms with Gasteiger partial charge in [-0.3, -0.25) is 0 Å². The first-order chi connectivity index (χ1) is 17.1. The van der Waals surface area contributed by atoms with E-state index in [-0.39, 0.29) is 6.61 Å². The summed E-state index contributed by atoms with van der Waals surface area (Å²) in [5.74, 6) is 1.76. The fourth-order valence-corrected chi connectivity index (χ4v) is 4.00. The lowest BCUT2D eigenvalue weighted by molar-refractivity contribution is -0.142. The lowest BCUT2D eigenvalue weighted by atomic mass is 10.0. The molecule has 0 saturated carbocycles. The van der Waals surface area contributed by atoms with Gasteiger partial charge in [0.2, 0.25) is 5.89 Å². The molecule has 1 aliphatic heterocycles. The van der Waals surface area contributed by atoms with E-state index in [2.05, 4.69) is 4.74 Å². The lowest BCUT2D eigenvalue weighted by Crippen LogP contribution is -2.13. The Morgan fingerprint density at radius 3 is 2.37 bits per heavy atom. The van der Waals surface area contributed by atoms with E-state index >= 15 is 0 Å². The Morgan fingerprint density at radius 2 is 1.66 bits per heavy atom. The molecule has 7 nitrogen and oxygen atoms in total. The third-order valence-electron chi connectivity index (χ3n) is 5.66. The van der Waals surface area contributed by atoms with Crippen LogP contribution in [-0.4, -0.2) is 30.6 Å². The zero-order valence-corrected chi connectivity index (χ0v) is 19.4. The second kappa shape index (κ2) is 9.85. The maximum Gasteiger partial charge on any atom is 0.343 e. The number of ether oxygens (including phenoxy) is 3. The van der Waals surface area contributed by atoms with Crippen molar-refractivity contribution in [3.63, 3.8) is 0 Å². The molecule has 2 atom stereocenters. The number of oxazole rings is 1. The summed E-state index contributed by atoms with van der Waals surface area (Å²) in [7, 11) is 1.32. The molecule has 1 aliphatic rings. The summed E-state index contributed by atoms with van der Waals surface area (Å²) < 4.78 is 22.7. The van der Waals surface area contributed by atoms with Crippen LogP contribution in [0.5, 0.6) is 5.75 Å². The topological polar surface area (TPSA) is 83.2 Å². The molecule has 2 heterocycles. The number of hydrogen-bond acceptors (Lipinski definition) is 7. The predicted molar refractivity (Wildman–Crippen MR) is 131 cm³/mol. The van der Waals surface area contributed by atoms with E-state index in [1.165, 1.54) is 7.11 Å². The summed E-state index contributed by atoms with van der Waals surface area (Å²) in [6.07, 6.45) is -0.456. The van der Waals surface area contributed by atoms with Crippen LogP contribution in [0.3, 0.4) is 0 Å². The van der Waals surface area contributed by atoms with Gasteiger partial charge in [-0.15, -0.1) is 0 Å². The van der Waals surface area contributed by atoms with Gasteiger partial charge < -0.3 is 18.6 Å². The zero-order chi connectivity index (χ0) is 24.2. The van der Waals surface area contributed by atoms with Crippen molar-refractivity contribution in [3.05, 3.63) is 96.4 Å². The summed E-state index contributed by atoms with van der Waals surface area (Å²) in [6, 6.07) is 26.7. The van der Waals surface area contributed by atoms with E-state index in [9.17, 15) is 4.79 Å². The van der Waals surface area contributed by atoms with E-state index in [0.29, 0.717) is 23.3 Å². The minimum atomic E-state index is -0.481. The normalized spacial score (nSPS) is 16.9. The number of carbonyl (C=O) groups excluding carboxylic acids is 1. The van der Waals surface area contributed by atoms with Gasteiger partial charge in [-0.1, -0.05) is 72.8 Å². The Balaban J connectivity index is 1.51. The largest absolute Gasteiger partial charge is 0.482 e. The summed E-state index contributed by atoms with van der Waals surface area (Å²) in [4.78, 5) is 21.1. The van der Waals surface area contributed by atoms with Crippen LogP contribution in [-0.2, 0) is 14.3 Å². The van der Waals surface area contributed by atoms with Crippen molar-refractivity contribution in [2.75, 3.05) is 13.7 Å². The molecule has 35 heavy (non-hydrogen) atoms. The molecule has 0 spiro atoms. The molecule has 0 saturated heterocycles. The molecule has 0 aliphatic carbocycles. The van der Waals surface area contributed by atoms with Gasteiger partial charge in [0.15, 0.2) is 30.4 Å². The quantitative estimate of drug-likeness (QED) is 0.319. The molecular weight excluding hydrogens is 444 g/mol. The zero-order valence-electron chi connectivity index (χ0n) is 19.4. The van der Waals surface area contributed by atoms with Crippen LogP contribution in [0.15, 0.2) is 94.3 Å². The maximum absolute atomic E-state index is 11.5. The van der Waals surface area contributed by atoms with E-state index in [0.717, 1.165) is 22.4 Å². The highest BCUT2D eigenvalue weighted by molar-refractivity contribution is 5.78. The number of aliphatic imine (C=N–C) groups is 1. The van der Waals surface area contributed by atoms with Crippen molar-refractivity contribution in [2.45, 2.75) is 19.1 Å². The maximum atomic E-state index is 11.5. The number of nitrogens with zero attached hydrogens (tertiary/aromatic N) is 2. The number of benzene rings is 3. The van der Waals surface area contributed by atoms with Crippen LogP contribution < -0.4 is 4.74 Å². The number of carbonyl (C=O) groups is 1. The van der Waals surface area contributed by atoms with Crippen molar-refractivity contribution in [1.82, 2.24) is 4.98 Å². The Bertz CT molecular complexity index is 1290. The minimum Gasteiger partial charge on any atom is -0.482 e. The molecule has 0 amide bonds. The molecule has 5 rings (SSSR count). The summed E-state index contributed by atoms with van der Waals surface area (Å²) in [5.41, 5.74) is 3.47. The van der Waals surface area contributed by atoms with Crippen LogP contribution in [0, 0.1) is 0 Å². The summed E-state index contributed by atoms with van der Waals surface area (Å²) >= 11 is 0. The monoisotopic (exact) mass is 468 g/mol. The van der Waals surface area contributed by atoms with Gasteiger partial charge in [0.1, 0.15) is 11.4 Å². The van der Waals surface area contributed by atoms with Crippen LogP contribution >= 0.6 is 0 Å². The molecule has 1 aromatic heterocycles. The van der Waals surface area contributed by atoms with E-state index in [4.69, 9.17) is 23.9 Å². The highest BCUT2D eigenvalue weighted by atomic mass is 16.6. The highest BCUT2D eigenvalue weighted by Gasteiger charge is 2.37. The first-order valence-electron chi connectivity index (χ1n) is 11.2. The Morgan fingerprint density at radius 1 is 0.943 bits per heavy atom. The van der Waals surface area contributed by atoms with Gasteiger partial charge in [-0.2, -0.15) is 0 Å². The first kappa shape index (κ1) is 22.4. The van der Waals surface area contributed by atoms with E-state index < -0.39 is 18.1 Å². The number of hydrogen-bond donors (Lipinski definition) is 0. The van der Waals surface area contributed by atoms with Crippen LogP contribution in [0.4, 0.5) is 0 Å². The molecule has 3 aromatic carbocycles. The van der Waals surface area contributed by atoms with Crippen LogP contribution in [0.25, 0.3) is 22.6 Å². The van der Waals surface area contributed by atoms with Crippen molar-refractivity contribution in [3.8, 4) is 28.3 Å². The van der Waals surface area contributed by atoms with Gasteiger partial charge in [0.25, 0.3) is 0 Å². The highest BCUT2D eigenvalue weighted by Crippen LogP contribution is 2.43. The number of rotatable bonds is 7. The summed E-state index contributed by atoms with van der Waals surface area (Å²) in [5, 5.41) is 0. The number of esters is 1. The molecule has 0 bridgehead atoms. The SMILES string of the molecule is COC(=O)COc1cccc(C2OC(C)=NC2c2nc(-c3ccccc3)c(-c3ccccc3)o2)c1. The van der Waals surface area contributed by atoms with Gasteiger partial charge in [-0.25, -0.2) is 14.8 Å². The predicted octanol–water partition coefficient (Wildman–Crippen LogP) is 5.79. The van der Waals surface area contributed by atoms with E-state index in [1.807, 2.05) is 85.8 Å². The number of methoxy groups -OCH3 is 1. The van der Waals surface area contributed by atoms with E-state index in [1.54, 1.807) is 6.07 Å². The standard InChI is InChI=1S/C28H24N2O5/c1-18-29-25(27(34-18)21-14-9-15-22(16-21)33-17-23(31)32-2)28-30-24(19-10-5-3-6-11-19)26(35-28)20-12-7-4-8-13-20/h3-16,25,27H,17H2,1-2H3. The fraction of sp³-hybridized carbons (Fsp3) is 0.179. The van der Waals surface area contributed by atoms with Crippen molar-refractivity contribution in [2.24, 2.45) is 4.99 Å². The smallest absolute Gasteiger partial charge is 0.343 e. The first-order valence-corrected chi connectivity index (χ1v) is 11.2. The molecule has 0 N–H and O–H groups in total. The molecular formula is C28H24N2O5. The van der Waals surface area contributed by atoms with Crippen LogP contribution in [0.2, 0.25) is 0 Å². The molecule has 7 heteroatoms. The average Bonchev–Trinajstić information content (AvgIpc) is 3.52. The van der Waals surface area contributed by atoms with Gasteiger partial charge in [0, 0.05) is 18.1 Å². The van der Waals surface area contributed by atoms with Crippen molar-refractivity contribution in [1.29, 1.82) is 0 Å². The third-order valence-corrected chi connectivity index (χ3v) is 5.66. The van der Waals surface area contributed by atoms with Gasteiger partial charge in [-0.05, 0) is 17.7 Å². The summed E-state index contributed by atoms with van der Waals surface area (Å²) in [6.45, 7) is 1.63. The Labute approximate surface area is 203 Å². The molecule has 4 aromatic rings. The second-order valence-corrected chi connectivity index (χ2v) is 8.03. The van der Waals surface area contributed by atoms with Crippen LogP contribution in [0.1, 0.15) is 30.5 Å². The van der Waals surface area contributed by atoms with Gasteiger partial charge >= 0.3 is 5.97 Å². The van der Waals surface area contributed by atoms with Crippen molar-refractivity contribution < 1.29 is 23.4 Å². The lowest BCUT2D eigenvalue weighted by Gasteiger charge is -2.16. The van der Waals surface area contributed by atoms with Gasteiger partial charge in [0.05, 0.1) is 7.11 Å². The Kier molecular flexibility index (Phi) is 6.30. The third kappa shape index (κ3) is 4.80. The number of aromatic nitrogens is 1. The fourth-order valence-electron chi connectivity index (χ4n) is 4.00. The average molecular weight is 469 g/mol. The van der Waals surface area contributed by atoms with Crippen molar-refractivity contribution >= 4 is 11.9 Å². The molecule has 0 fully saturated rings. The molecule has 0 radical (unpaired) electrons. The molecule has 176 valence electrons. The minimum absolute atomic E-state index is 0.176. The molecule has 2 unspecified atom stereocenters. The second-order valence-electron chi connectivity index (χ2n) is 8.03. The Hall–Kier alpha value is -4.39.